The Labute approximate surface area is 191 Å². The van der Waals surface area contributed by atoms with Gasteiger partial charge in [-0.1, -0.05) is 42.1 Å². The number of morpholine rings is 1. The number of benzene rings is 2. The Morgan fingerprint density at radius 2 is 1.81 bits per heavy atom. The van der Waals surface area contributed by atoms with Crippen molar-refractivity contribution in [2.45, 2.75) is 18.6 Å². The predicted octanol–water partition coefficient (Wildman–Crippen LogP) is 3.45. The average molecular weight is 456 g/mol. The van der Waals surface area contributed by atoms with Crippen LogP contribution in [0.2, 0.25) is 0 Å². The van der Waals surface area contributed by atoms with Crippen LogP contribution in [0.4, 0.5) is 16.0 Å². The fourth-order valence-electron chi connectivity index (χ4n) is 3.62. The van der Waals surface area contributed by atoms with E-state index in [9.17, 15) is 9.18 Å². The molecule has 32 heavy (non-hydrogen) atoms. The summed E-state index contributed by atoms with van der Waals surface area (Å²) in [6.07, 6.45) is 0. The Hall–Kier alpha value is -2.91. The van der Waals surface area contributed by atoms with Crippen LogP contribution in [0.15, 0.2) is 59.8 Å². The number of carbonyl (C=O) groups excluding carboxylic acids is 1. The SMILES string of the molecule is CCN(C(=O)CSc1nnc(N2CCOCC2)n1Cc1ccccc1)c1ccc(F)cc1. The fraction of sp³-hybridized carbons (Fsp3) is 0.348. The summed E-state index contributed by atoms with van der Waals surface area (Å²) >= 11 is 1.37. The molecule has 168 valence electrons. The van der Waals surface area contributed by atoms with Gasteiger partial charge in [0.25, 0.3) is 0 Å². The maximum Gasteiger partial charge on any atom is 0.237 e. The van der Waals surface area contributed by atoms with Crippen molar-refractivity contribution in [3.05, 3.63) is 66.0 Å². The largest absolute Gasteiger partial charge is 0.378 e. The lowest BCUT2D eigenvalue weighted by Gasteiger charge is -2.28. The Bertz CT molecular complexity index is 1020. The van der Waals surface area contributed by atoms with Gasteiger partial charge in [-0.2, -0.15) is 0 Å². The third-order valence-electron chi connectivity index (χ3n) is 5.26. The van der Waals surface area contributed by atoms with Crippen LogP contribution in [0.5, 0.6) is 0 Å². The molecule has 0 unspecified atom stereocenters. The number of rotatable bonds is 8. The summed E-state index contributed by atoms with van der Waals surface area (Å²) in [4.78, 5) is 16.8. The van der Waals surface area contributed by atoms with Gasteiger partial charge in [0.2, 0.25) is 11.9 Å². The smallest absolute Gasteiger partial charge is 0.237 e. The van der Waals surface area contributed by atoms with E-state index in [1.807, 2.05) is 25.1 Å². The molecular formula is C23H26FN5O2S. The van der Waals surface area contributed by atoms with Crippen molar-refractivity contribution in [1.29, 1.82) is 0 Å². The molecule has 1 aliphatic heterocycles. The monoisotopic (exact) mass is 455 g/mol. The Morgan fingerprint density at radius 3 is 2.50 bits per heavy atom. The van der Waals surface area contributed by atoms with Crippen molar-refractivity contribution >= 4 is 29.3 Å². The highest BCUT2D eigenvalue weighted by atomic mass is 32.2. The average Bonchev–Trinajstić information content (AvgIpc) is 3.23. The van der Waals surface area contributed by atoms with Crippen molar-refractivity contribution in [1.82, 2.24) is 14.8 Å². The van der Waals surface area contributed by atoms with Crippen molar-refractivity contribution < 1.29 is 13.9 Å². The number of nitrogens with zero attached hydrogens (tertiary/aromatic N) is 5. The highest BCUT2D eigenvalue weighted by Gasteiger charge is 2.22. The zero-order chi connectivity index (χ0) is 22.3. The first kappa shape index (κ1) is 22.3. The van der Waals surface area contributed by atoms with Crippen LogP contribution in [0.25, 0.3) is 0 Å². The summed E-state index contributed by atoms with van der Waals surface area (Å²) in [5, 5.41) is 9.54. The summed E-state index contributed by atoms with van der Waals surface area (Å²) in [6, 6.07) is 16.1. The van der Waals surface area contributed by atoms with Crippen LogP contribution in [-0.2, 0) is 16.1 Å². The van der Waals surface area contributed by atoms with Crippen LogP contribution in [0.1, 0.15) is 12.5 Å². The van der Waals surface area contributed by atoms with Crippen LogP contribution in [0, 0.1) is 5.82 Å². The zero-order valence-electron chi connectivity index (χ0n) is 18.0. The van der Waals surface area contributed by atoms with E-state index in [0.29, 0.717) is 37.1 Å². The molecule has 0 atom stereocenters. The van der Waals surface area contributed by atoms with E-state index >= 15 is 0 Å². The minimum atomic E-state index is -0.323. The van der Waals surface area contributed by atoms with Crippen molar-refractivity contribution in [2.75, 3.05) is 48.4 Å². The summed E-state index contributed by atoms with van der Waals surface area (Å²) in [6.45, 7) is 5.84. The molecule has 0 saturated carbocycles. The van der Waals surface area contributed by atoms with E-state index in [1.54, 1.807) is 17.0 Å². The molecule has 1 amide bonds. The molecule has 1 fully saturated rings. The number of thioether (sulfide) groups is 1. The maximum absolute atomic E-state index is 13.3. The van der Waals surface area contributed by atoms with E-state index in [1.165, 1.54) is 23.9 Å². The molecule has 0 aliphatic carbocycles. The number of amides is 1. The molecule has 1 aromatic heterocycles. The molecule has 0 spiro atoms. The van der Waals surface area contributed by atoms with Gasteiger partial charge in [0.1, 0.15) is 5.82 Å². The lowest BCUT2D eigenvalue weighted by atomic mass is 10.2. The first-order chi connectivity index (χ1) is 15.7. The lowest BCUT2D eigenvalue weighted by Crippen LogP contribution is -2.38. The molecule has 2 heterocycles. The quantitative estimate of drug-likeness (QED) is 0.485. The van der Waals surface area contributed by atoms with Gasteiger partial charge in [-0.3, -0.25) is 9.36 Å². The van der Waals surface area contributed by atoms with E-state index < -0.39 is 0 Å². The lowest BCUT2D eigenvalue weighted by molar-refractivity contribution is -0.116. The van der Waals surface area contributed by atoms with Gasteiger partial charge < -0.3 is 14.5 Å². The van der Waals surface area contributed by atoms with Crippen molar-refractivity contribution in [3.63, 3.8) is 0 Å². The van der Waals surface area contributed by atoms with E-state index in [4.69, 9.17) is 4.74 Å². The molecule has 0 bridgehead atoms. The van der Waals surface area contributed by atoms with E-state index in [2.05, 4.69) is 31.8 Å². The number of anilines is 2. The number of hydrogen-bond acceptors (Lipinski definition) is 6. The van der Waals surface area contributed by atoms with E-state index in [-0.39, 0.29) is 17.5 Å². The number of carbonyl (C=O) groups is 1. The van der Waals surface area contributed by atoms with Crippen molar-refractivity contribution in [2.24, 2.45) is 0 Å². The molecule has 0 radical (unpaired) electrons. The Kier molecular flexibility index (Phi) is 7.39. The van der Waals surface area contributed by atoms with Gasteiger partial charge in [0, 0.05) is 25.3 Å². The highest BCUT2D eigenvalue weighted by molar-refractivity contribution is 7.99. The summed E-state index contributed by atoms with van der Waals surface area (Å²) in [5.41, 5.74) is 1.82. The molecule has 4 rings (SSSR count). The normalized spacial score (nSPS) is 13.9. The molecule has 1 aliphatic rings. The van der Waals surface area contributed by atoms with Gasteiger partial charge in [-0.15, -0.1) is 10.2 Å². The van der Waals surface area contributed by atoms with Crippen LogP contribution in [-0.4, -0.2) is 59.3 Å². The first-order valence-corrected chi connectivity index (χ1v) is 11.6. The third-order valence-corrected chi connectivity index (χ3v) is 6.21. The second-order valence-electron chi connectivity index (χ2n) is 7.36. The van der Waals surface area contributed by atoms with Gasteiger partial charge >= 0.3 is 0 Å². The third kappa shape index (κ3) is 5.28. The summed E-state index contributed by atoms with van der Waals surface area (Å²) < 4.78 is 20.8. The van der Waals surface area contributed by atoms with Crippen molar-refractivity contribution in [3.8, 4) is 0 Å². The Balaban J connectivity index is 1.52. The second kappa shape index (κ2) is 10.6. The topological polar surface area (TPSA) is 63.5 Å². The van der Waals surface area contributed by atoms with Crippen LogP contribution < -0.4 is 9.80 Å². The number of aromatic nitrogens is 3. The maximum atomic E-state index is 13.3. The zero-order valence-corrected chi connectivity index (χ0v) is 18.8. The molecule has 0 N–H and O–H groups in total. The minimum absolute atomic E-state index is 0.0636. The van der Waals surface area contributed by atoms with Gasteiger partial charge in [-0.25, -0.2) is 4.39 Å². The number of hydrogen-bond donors (Lipinski definition) is 0. The molecule has 7 nitrogen and oxygen atoms in total. The first-order valence-electron chi connectivity index (χ1n) is 10.6. The number of ether oxygens (including phenoxy) is 1. The molecule has 1 saturated heterocycles. The summed E-state index contributed by atoms with van der Waals surface area (Å²) in [7, 11) is 0. The minimum Gasteiger partial charge on any atom is -0.378 e. The molecule has 9 heteroatoms. The van der Waals surface area contributed by atoms with Gasteiger partial charge in [-0.05, 0) is 36.8 Å². The molecular weight excluding hydrogens is 429 g/mol. The summed E-state index contributed by atoms with van der Waals surface area (Å²) in [5.74, 6) is 0.613. The molecule has 3 aromatic rings. The fourth-order valence-corrected chi connectivity index (χ4v) is 4.43. The number of halogens is 1. The van der Waals surface area contributed by atoms with Gasteiger partial charge in [0.15, 0.2) is 5.16 Å². The molecule has 2 aromatic carbocycles. The van der Waals surface area contributed by atoms with Crippen LogP contribution >= 0.6 is 11.8 Å². The second-order valence-corrected chi connectivity index (χ2v) is 8.30. The predicted molar refractivity (Wildman–Crippen MR) is 124 cm³/mol. The Morgan fingerprint density at radius 1 is 1.09 bits per heavy atom. The standard InChI is InChI=1S/C23H26FN5O2S/c1-2-28(20-10-8-19(24)9-11-20)21(30)17-32-23-26-25-22(27-12-14-31-15-13-27)29(23)16-18-6-4-3-5-7-18/h3-11H,2,12-17H2,1H3. The van der Waals surface area contributed by atoms with Gasteiger partial charge in [0.05, 0.1) is 25.5 Å². The highest BCUT2D eigenvalue weighted by Crippen LogP contribution is 2.25. The van der Waals surface area contributed by atoms with E-state index in [0.717, 1.165) is 24.6 Å². The van der Waals surface area contributed by atoms with Crippen LogP contribution in [0.3, 0.4) is 0 Å².